The van der Waals surface area contributed by atoms with Crippen LogP contribution in [0.2, 0.25) is 0 Å². The molecule has 3 nitrogen and oxygen atoms in total. The number of nitrogens with two attached hydrogens (primary N) is 1. The molecule has 0 aliphatic rings. The van der Waals surface area contributed by atoms with Crippen molar-refractivity contribution >= 4 is 0 Å². The third-order valence-corrected chi connectivity index (χ3v) is 2.62. The topological polar surface area (TPSA) is 50.9 Å². The second-order valence-electron chi connectivity index (χ2n) is 3.80. The lowest BCUT2D eigenvalue weighted by molar-refractivity contribution is -0.136. The molecule has 0 saturated heterocycles. The van der Waals surface area contributed by atoms with Crippen LogP contribution in [-0.2, 0) is 6.42 Å². The van der Waals surface area contributed by atoms with Gasteiger partial charge in [-0.1, -0.05) is 6.92 Å². The SMILES string of the molecule is CCc1cnccc1C(CCC(F)(F)F)NN. The summed E-state index contributed by atoms with van der Waals surface area (Å²) in [6, 6.07) is 1.22. The zero-order chi connectivity index (χ0) is 12.9. The van der Waals surface area contributed by atoms with Crippen LogP contribution in [0.4, 0.5) is 13.2 Å². The quantitative estimate of drug-likeness (QED) is 0.621. The molecule has 17 heavy (non-hydrogen) atoms. The largest absolute Gasteiger partial charge is 0.389 e. The van der Waals surface area contributed by atoms with Crippen LogP contribution in [0.3, 0.4) is 0 Å². The van der Waals surface area contributed by atoms with Crippen LogP contribution in [0.1, 0.15) is 36.9 Å². The van der Waals surface area contributed by atoms with Crippen molar-refractivity contribution in [3.8, 4) is 0 Å². The van der Waals surface area contributed by atoms with E-state index in [1.807, 2.05) is 6.92 Å². The minimum Gasteiger partial charge on any atom is -0.271 e. The van der Waals surface area contributed by atoms with Gasteiger partial charge >= 0.3 is 6.18 Å². The van der Waals surface area contributed by atoms with Gasteiger partial charge in [-0.25, -0.2) is 0 Å². The number of nitrogens with zero attached hydrogens (tertiary/aromatic N) is 1. The van der Waals surface area contributed by atoms with Crippen molar-refractivity contribution in [3.05, 3.63) is 29.6 Å². The number of rotatable bonds is 5. The Balaban J connectivity index is 2.79. The Bertz CT molecular complexity index is 352. The summed E-state index contributed by atoms with van der Waals surface area (Å²) in [6.45, 7) is 1.93. The summed E-state index contributed by atoms with van der Waals surface area (Å²) < 4.78 is 36.5. The fraction of sp³-hybridized carbons (Fsp3) is 0.545. The van der Waals surface area contributed by atoms with Crippen molar-refractivity contribution in [2.75, 3.05) is 0 Å². The summed E-state index contributed by atoms with van der Waals surface area (Å²) in [5.41, 5.74) is 4.14. The molecule has 1 heterocycles. The molecule has 1 atom stereocenters. The average Bonchev–Trinajstić information content (AvgIpc) is 2.29. The maximum Gasteiger partial charge on any atom is 0.389 e. The summed E-state index contributed by atoms with van der Waals surface area (Å²) in [4.78, 5) is 3.95. The predicted molar refractivity (Wildman–Crippen MR) is 59.0 cm³/mol. The molecular weight excluding hydrogens is 231 g/mol. The van der Waals surface area contributed by atoms with E-state index in [1.165, 1.54) is 0 Å². The normalized spacial score (nSPS) is 13.7. The van der Waals surface area contributed by atoms with Gasteiger partial charge in [0.25, 0.3) is 0 Å². The molecule has 0 spiro atoms. The molecule has 3 N–H and O–H groups in total. The Labute approximate surface area is 98.2 Å². The highest BCUT2D eigenvalue weighted by Crippen LogP contribution is 2.28. The minimum absolute atomic E-state index is 0.0724. The Kier molecular flexibility index (Phi) is 4.89. The van der Waals surface area contributed by atoms with Gasteiger partial charge in [-0.2, -0.15) is 13.2 Å². The van der Waals surface area contributed by atoms with Gasteiger partial charge in [0.05, 0.1) is 0 Å². The average molecular weight is 247 g/mol. The van der Waals surface area contributed by atoms with Gasteiger partial charge in [0.1, 0.15) is 0 Å². The van der Waals surface area contributed by atoms with E-state index in [9.17, 15) is 13.2 Å². The molecule has 1 aromatic rings. The summed E-state index contributed by atoms with van der Waals surface area (Å²) in [6.07, 6.45) is -1.15. The fourth-order valence-electron chi connectivity index (χ4n) is 1.71. The number of alkyl halides is 3. The Morgan fingerprint density at radius 1 is 1.47 bits per heavy atom. The van der Waals surface area contributed by atoms with E-state index in [2.05, 4.69) is 10.4 Å². The highest BCUT2D eigenvalue weighted by Gasteiger charge is 2.28. The van der Waals surface area contributed by atoms with E-state index in [-0.39, 0.29) is 6.42 Å². The number of pyridine rings is 1. The molecule has 0 aliphatic carbocycles. The van der Waals surface area contributed by atoms with Gasteiger partial charge in [0, 0.05) is 24.9 Å². The van der Waals surface area contributed by atoms with Crippen LogP contribution >= 0.6 is 0 Å². The van der Waals surface area contributed by atoms with Crippen molar-refractivity contribution in [1.29, 1.82) is 0 Å². The van der Waals surface area contributed by atoms with E-state index in [4.69, 9.17) is 5.84 Å². The third kappa shape index (κ3) is 4.32. The van der Waals surface area contributed by atoms with Crippen molar-refractivity contribution in [3.63, 3.8) is 0 Å². The van der Waals surface area contributed by atoms with Gasteiger partial charge < -0.3 is 0 Å². The molecule has 0 radical (unpaired) electrons. The van der Waals surface area contributed by atoms with Gasteiger partial charge in [0.2, 0.25) is 0 Å². The van der Waals surface area contributed by atoms with E-state index >= 15 is 0 Å². The molecule has 0 fully saturated rings. The van der Waals surface area contributed by atoms with E-state index in [0.717, 1.165) is 11.1 Å². The van der Waals surface area contributed by atoms with Crippen molar-refractivity contribution in [2.24, 2.45) is 5.84 Å². The summed E-state index contributed by atoms with van der Waals surface area (Å²) >= 11 is 0. The first-order valence-corrected chi connectivity index (χ1v) is 5.43. The smallest absolute Gasteiger partial charge is 0.271 e. The maximum atomic E-state index is 12.2. The van der Waals surface area contributed by atoms with E-state index in [0.29, 0.717) is 6.42 Å². The van der Waals surface area contributed by atoms with Crippen molar-refractivity contribution in [2.45, 2.75) is 38.4 Å². The minimum atomic E-state index is -4.16. The van der Waals surface area contributed by atoms with E-state index in [1.54, 1.807) is 18.5 Å². The lowest BCUT2D eigenvalue weighted by Crippen LogP contribution is -2.30. The molecule has 0 amide bonds. The highest BCUT2D eigenvalue weighted by atomic mass is 19.4. The molecule has 0 aromatic carbocycles. The van der Waals surface area contributed by atoms with Gasteiger partial charge in [-0.3, -0.25) is 16.3 Å². The molecule has 96 valence electrons. The number of hydrogen-bond donors (Lipinski definition) is 2. The lowest BCUT2D eigenvalue weighted by atomic mass is 9.97. The highest BCUT2D eigenvalue weighted by molar-refractivity contribution is 5.26. The molecule has 6 heteroatoms. The fourth-order valence-corrected chi connectivity index (χ4v) is 1.71. The zero-order valence-corrected chi connectivity index (χ0v) is 9.59. The van der Waals surface area contributed by atoms with Crippen molar-refractivity contribution < 1.29 is 13.2 Å². The van der Waals surface area contributed by atoms with Gasteiger partial charge in [0.15, 0.2) is 0 Å². The van der Waals surface area contributed by atoms with Crippen molar-refractivity contribution in [1.82, 2.24) is 10.4 Å². The van der Waals surface area contributed by atoms with Gasteiger partial charge in [-0.15, -0.1) is 0 Å². The second-order valence-corrected chi connectivity index (χ2v) is 3.80. The zero-order valence-electron chi connectivity index (χ0n) is 9.59. The second kappa shape index (κ2) is 5.97. The molecular formula is C11H16F3N3. The maximum absolute atomic E-state index is 12.2. The van der Waals surface area contributed by atoms with Crippen LogP contribution in [0.15, 0.2) is 18.5 Å². The number of aromatic nitrogens is 1. The monoisotopic (exact) mass is 247 g/mol. The van der Waals surface area contributed by atoms with Crippen LogP contribution in [0.5, 0.6) is 0 Å². The lowest BCUT2D eigenvalue weighted by Gasteiger charge is -2.19. The van der Waals surface area contributed by atoms with E-state index < -0.39 is 18.6 Å². The Hall–Kier alpha value is -1.14. The summed E-state index contributed by atoms with van der Waals surface area (Å²) in [5, 5.41) is 0. The first-order chi connectivity index (χ1) is 7.98. The first-order valence-electron chi connectivity index (χ1n) is 5.43. The summed E-state index contributed by atoms with van der Waals surface area (Å²) in [7, 11) is 0. The number of hydrazine groups is 1. The van der Waals surface area contributed by atoms with Crippen LogP contribution in [0.25, 0.3) is 0 Å². The molecule has 0 aliphatic heterocycles. The predicted octanol–water partition coefficient (Wildman–Crippen LogP) is 2.49. The molecule has 1 rings (SSSR count). The van der Waals surface area contributed by atoms with Crippen LogP contribution < -0.4 is 11.3 Å². The van der Waals surface area contributed by atoms with Crippen LogP contribution in [-0.4, -0.2) is 11.2 Å². The number of nitrogens with one attached hydrogen (secondary N) is 1. The summed E-state index contributed by atoms with van der Waals surface area (Å²) in [5.74, 6) is 5.32. The number of halogens is 3. The number of hydrogen-bond acceptors (Lipinski definition) is 3. The Morgan fingerprint density at radius 3 is 2.71 bits per heavy atom. The standard InChI is InChI=1S/C11H16F3N3/c1-2-8-7-16-6-4-9(8)10(17-15)3-5-11(12,13)14/h4,6-7,10,17H,2-3,5,15H2,1H3. The van der Waals surface area contributed by atoms with Gasteiger partial charge in [-0.05, 0) is 30.0 Å². The molecule has 0 bridgehead atoms. The van der Waals surface area contributed by atoms with Crippen LogP contribution in [0, 0.1) is 0 Å². The number of aryl methyl sites for hydroxylation is 1. The molecule has 1 unspecified atom stereocenters. The first kappa shape index (κ1) is 13.9. The molecule has 0 saturated carbocycles. The third-order valence-electron chi connectivity index (χ3n) is 2.62. The molecule has 1 aromatic heterocycles. The Morgan fingerprint density at radius 2 is 2.18 bits per heavy atom.